The first-order valence-electron chi connectivity index (χ1n) is 10.6. The number of carbonyl (C=O) groups is 1. The highest BCUT2D eigenvalue weighted by Crippen LogP contribution is 2.06. The number of sulfone groups is 1. The molecule has 1 fully saturated rings. The normalized spacial score (nSPS) is 16.2. The fourth-order valence-electron chi connectivity index (χ4n) is 2.83. The number of hydrogen-bond donors (Lipinski definition) is 1. The van der Waals surface area contributed by atoms with E-state index in [1.165, 1.54) is 0 Å². The summed E-state index contributed by atoms with van der Waals surface area (Å²) in [5.41, 5.74) is 1.58. The molecule has 0 aromatic carbocycles. The van der Waals surface area contributed by atoms with E-state index in [1.54, 1.807) is 11.6 Å². The van der Waals surface area contributed by atoms with Crippen molar-refractivity contribution in [2.75, 3.05) is 70.8 Å². The highest BCUT2D eigenvalue weighted by molar-refractivity contribution is 7.91. The largest absolute Gasteiger partial charge is 0.377 e. The fourth-order valence-corrected chi connectivity index (χ4v) is 4.11. The number of aromatic nitrogens is 3. The second-order valence-corrected chi connectivity index (χ2v) is 9.75. The summed E-state index contributed by atoms with van der Waals surface area (Å²) in [6.45, 7) is 10.1. The highest BCUT2D eigenvalue weighted by Gasteiger charge is 2.22. The molecule has 0 saturated carbocycles. The first-order valence-corrected chi connectivity index (χ1v) is 12.4. The summed E-state index contributed by atoms with van der Waals surface area (Å²) in [5.74, 6) is 0.151. The van der Waals surface area contributed by atoms with Crippen LogP contribution in [-0.4, -0.2) is 113 Å². The van der Waals surface area contributed by atoms with Gasteiger partial charge in [0.15, 0.2) is 9.84 Å². The van der Waals surface area contributed by atoms with E-state index in [0.29, 0.717) is 89.2 Å². The maximum Gasteiger partial charge on any atom is 0.246 e. The Kier molecular flexibility index (Phi) is 11.3. The quantitative estimate of drug-likeness (QED) is 0.177. The van der Waals surface area contributed by atoms with Crippen LogP contribution in [0.25, 0.3) is 0 Å². The summed E-state index contributed by atoms with van der Waals surface area (Å²) in [7, 11) is 3.20. The number of nitrogens with zero attached hydrogens (tertiary/aromatic N) is 4. The zero-order valence-corrected chi connectivity index (χ0v) is 19.4. The predicted molar refractivity (Wildman–Crippen MR) is 120 cm³/mol. The molecule has 1 aromatic rings. The van der Waals surface area contributed by atoms with Crippen molar-refractivity contribution in [2.24, 2.45) is 0 Å². The van der Waals surface area contributed by atoms with E-state index < -0.39 is 9.84 Å². The Bertz CT molecular complexity index is 833. The first kappa shape index (κ1) is 26.5. The van der Waals surface area contributed by atoms with Crippen LogP contribution in [0.5, 0.6) is 0 Å². The van der Waals surface area contributed by atoms with Crippen molar-refractivity contribution in [3.63, 3.8) is 0 Å². The van der Waals surface area contributed by atoms with Crippen molar-refractivity contribution in [1.82, 2.24) is 25.2 Å². The van der Waals surface area contributed by atoms with E-state index >= 15 is 0 Å². The summed E-state index contributed by atoms with van der Waals surface area (Å²) in [6.07, 6.45) is 0. The third-order valence-electron chi connectivity index (χ3n) is 4.77. The number of hydrogen-bond acceptors (Lipinski definition) is 9. The Morgan fingerprint density at radius 3 is 2.31 bits per heavy atom. The molecule has 0 unspecified atom stereocenters. The van der Waals surface area contributed by atoms with Gasteiger partial charge < -0.3 is 19.5 Å². The van der Waals surface area contributed by atoms with Gasteiger partial charge >= 0.3 is 0 Å². The molecular weight excluding hydrogens is 437 g/mol. The molecule has 1 amide bonds. The minimum atomic E-state index is -2.91. The van der Waals surface area contributed by atoms with Gasteiger partial charge in [-0.05, 0) is 6.92 Å². The molecule has 13 heteroatoms. The Hall–Kier alpha value is -1.80. The van der Waals surface area contributed by atoms with Gasteiger partial charge in [0.1, 0.15) is 7.85 Å². The standard InChI is InChI=1S/C19H32BN5O6S/c1-16(2)19(26)21-3-7-29-9-11-31-12-10-30-8-4-25-18(20)17(22-23-25)15-24-5-13-32(27,28)14-6-24/h1,3-15H2,2H3,(H,21,26). The second kappa shape index (κ2) is 13.7. The third-order valence-corrected chi connectivity index (χ3v) is 6.38. The molecule has 1 saturated heterocycles. The van der Waals surface area contributed by atoms with Gasteiger partial charge in [0.05, 0.1) is 63.4 Å². The van der Waals surface area contributed by atoms with E-state index in [2.05, 4.69) is 22.2 Å². The van der Waals surface area contributed by atoms with Crippen molar-refractivity contribution in [2.45, 2.75) is 20.0 Å². The lowest BCUT2D eigenvalue weighted by Gasteiger charge is -2.25. The van der Waals surface area contributed by atoms with Crippen molar-refractivity contribution in [1.29, 1.82) is 0 Å². The Labute approximate surface area is 190 Å². The Balaban J connectivity index is 1.48. The summed E-state index contributed by atoms with van der Waals surface area (Å²) in [5, 5.41) is 10.8. The number of carbonyl (C=O) groups excluding carboxylic acids is 1. The van der Waals surface area contributed by atoms with Crippen molar-refractivity contribution in [3.8, 4) is 0 Å². The highest BCUT2D eigenvalue weighted by atomic mass is 32.2. The number of amides is 1. The van der Waals surface area contributed by atoms with Crippen molar-refractivity contribution in [3.05, 3.63) is 17.8 Å². The molecular formula is C19H32BN5O6S. The monoisotopic (exact) mass is 469 g/mol. The van der Waals surface area contributed by atoms with Crippen LogP contribution >= 0.6 is 0 Å². The minimum absolute atomic E-state index is 0.163. The molecule has 11 nitrogen and oxygen atoms in total. The zero-order chi connectivity index (χ0) is 23.4. The molecule has 1 aliphatic rings. The maximum absolute atomic E-state index is 11.5. The van der Waals surface area contributed by atoms with Gasteiger partial charge in [-0.25, -0.2) is 8.42 Å². The minimum Gasteiger partial charge on any atom is -0.377 e. The Morgan fingerprint density at radius 1 is 1.09 bits per heavy atom. The number of rotatable bonds is 15. The lowest BCUT2D eigenvalue weighted by molar-refractivity contribution is -0.117. The molecule has 2 radical (unpaired) electrons. The van der Waals surface area contributed by atoms with Crippen LogP contribution in [-0.2, 0) is 41.9 Å². The number of ether oxygens (including phenoxy) is 3. The summed E-state index contributed by atoms with van der Waals surface area (Å²) in [6, 6.07) is 0. The molecule has 2 heterocycles. The lowest BCUT2D eigenvalue weighted by Crippen LogP contribution is -2.40. The first-order chi connectivity index (χ1) is 15.3. The average Bonchev–Trinajstić information content (AvgIpc) is 3.09. The fraction of sp³-hybridized carbons (Fsp3) is 0.737. The molecule has 0 bridgehead atoms. The van der Waals surface area contributed by atoms with Crippen LogP contribution in [0.4, 0.5) is 0 Å². The van der Waals surface area contributed by atoms with Gasteiger partial charge in [-0.2, -0.15) is 0 Å². The summed E-state index contributed by atoms with van der Waals surface area (Å²) >= 11 is 0. The molecule has 2 rings (SSSR count). The molecule has 1 aliphatic heterocycles. The van der Waals surface area contributed by atoms with E-state index in [9.17, 15) is 13.2 Å². The van der Waals surface area contributed by atoms with E-state index in [-0.39, 0.29) is 17.4 Å². The zero-order valence-electron chi connectivity index (χ0n) is 18.6. The molecule has 178 valence electrons. The molecule has 1 N–H and O–H groups in total. The van der Waals surface area contributed by atoms with Gasteiger partial charge in [-0.15, -0.1) is 5.10 Å². The van der Waals surface area contributed by atoms with Gasteiger partial charge in [0, 0.05) is 37.3 Å². The van der Waals surface area contributed by atoms with Crippen molar-refractivity contribution < 1.29 is 27.4 Å². The van der Waals surface area contributed by atoms with E-state index in [4.69, 9.17) is 22.1 Å². The molecule has 1 aromatic heterocycles. The van der Waals surface area contributed by atoms with Crippen molar-refractivity contribution >= 4 is 29.2 Å². The van der Waals surface area contributed by atoms with Crippen LogP contribution in [0, 0.1) is 0 Å². The van der Waals surface area contributed by atoms with E-state index in [0.717, 1.165) is 0 Å². The van der Waals surface area contributed by atoms with Crippen LogP contribution in [0.15, 0.2) is 12.2 Å². The Morgan fingerprint density at radius 2 is 1.69 bits per heavy atom. The second-order valence-electron chi connectivity index (χ2n) is 7.45. The lowest BCUT2D eigenvalue weighted by atomic mass is 10.0. The molecule has 32 heavy (non-hydrogen) atoms. The van der Waals surface area contributed by atoms with Crippen LogP contribution in [0.3, 0.4) is 0 Å². The SMILES string of the molecule is [B]c1c(CN2CCS(=O)(=O)CC2)nnn1CCOCCOCCOCCNC(=O)C(=C)C. The summed E-state index contributed by atoms with van der Waals surface area (Å²) < 4.78 is 40.9. The van der Waals surface area contributed by atoms with Crippen LogP contribution < -0.4 is 10.9 Å². The molecule has 0 spiro atoms. The number of nitrogens with one attached hydrogen (secondary N) is 1. The maximum atomic E-state index is 11.5. The van der Waals surface area contributed by atoms with E-state index in [1.807, 2.05) is 4.90 Å². The summed E-state index contributed by atoms with van der Waals surface area (Å²) in [4.78, 5) is 13.3. The van der Waals surface area contributed by atoms with Crippen LogP contribution in [0.2, 0.25) is 0 Å². The molecule has 0 aliphatic carbocycles. The van der Waals surface area contributed by atoms with Gasteiger partial charge in [0.25, 0.3) is 0 Å². The smallest absolute Gasteiger partial charge is 0.246 e. The molecule has 0 atom stereocenters. The van der Waals surface area contributed by atoms with Gasteiger partial charge in [-0.1, -0.05) is 11.8 Å². The topological polar surface area (TPSA) is 125 Å². The van der Waals surface area contributed by atoms with Gasteiger partial charge in [0.2, 0.25) is 5.91 Å². The average molecular weight is 469 g/mol. The third kappa shape index (κ3) is 9.78. The van der Waals surface area contributed by atoms with Crippen LogP contribution in [0.1, 0.15) is 12.6 Å². The predicted octanol–water partition coefficient (Wildman–Crippen LogP) is -1.96. The van der Waals surface area contributed by atoms with Gasteiger partial charge in [-0.3, -0.25) is 14.4 Å².